The van der Waals surface area contributed by atoms with E-state index in [1.165, 1.54) is 6.07 Å². The number of aromatic nitrogens is 3. The van der Waals surface area contributed by atoms with E-state index < -0.39 is 17.0 Å². The normalized spacial score (nSPS) is 22.5. The van der Waals surface area contributed by atoms with Crippen molar-refractivity contribution in [2.24, 2.45) is 0 Å². The van der Waals surface area contributed by atoms with Gasteiger partial charge >= 0.3 is 12.1 Å². The molecule has 5 heterocycles. The number of likely N-dealkylation sites (tertiary alicyclic amines) is 1. The molecule has 11 nitrogen and oxygen atoms in total. The predicted molar refractivity (Wildman–Crippen MR) is 185 cm³/mol. The molecule has 1 amide bonds. The van der Waals surface area contributed by atoms with Crippen LogP contribution in [0.15, 0.2) is 42.6 Å². The fraction of sp³-hybridized carbons (Fsp3) is 0.486. The number of benzene rings is 2. The van der Waals surface area contributed by atoms with E-state index >= 15 is 4.39 Å². The minimum absolute atomic E-state index is 0.00567. The SMILES string of the molecule is [C-]#[N+]CCC12CCC(CN(c3nc(OC[C@@H]4CCCN4C)nc4c(F)c(-c5cc(O)cc6ccccc56)ncc34)C1)N2C(=O)OC(C)(C)C. The van der Waals surface area contributed by atoms with E-state index in [0.29, 0.717) is 49.3 Å². The lowest BCUT2D eigenvalue weighted by Crippen LogP contribution is -2.64. The average molecular weight is 668 g/mol. The van der Waals surface area contributed by atoms with Crippen LogP contribution in [0.1, 0.15) is 52.9 Å². The fourth-order valence-corrected chi connectivity index (χ4v) is 7.84. The second-order valence-corrected chi connectivity index (χ2v) is 14.6. The number of hydrogen-bond acceptors (Lipinski definition) is 9. The van der Waals surface area contributed by atoms with Crippen molar-refractivity contribution in [3.8, 4) is 23.0 Å². The van der Waals surface area contributed by atoms with Crippen molar-refractivity contribution in [2.75, 3.05) is 44.7 Å². The number of amides is 1. The molecule has 3 atom stereocenters. The van der Waals surface area contributed by atoms with Crippen LogP contribution in [0.3, 0.4) is 0 Å². The molecule has 0 aliphatic carbocycles. The van der Waals surface area contributed by atoms with Gasteiger partial charge in [0.1, 0.15) is 35.0 Å². The number of phenolic OH excluding ortho intramolecular Hbond substituents is 1. The smallest absolute Gasteiger partial charge is 0.411 e. The van der Waals surface area contributed by atoms with Gasteiger partial charge in [0, 0.05) is 37.3 Å². The van der Waals surface area contributed by atoms with E-state index in [1.807, 2.05) is 49.9 Å². The number of anilines is 1. The highest BCUT2D eigenvalue weighted by Gasteiger charge is 2.55. The number of likely N-dealkylation sites (N-methyl/N-ethyl adjacent to an activating group) is 1. The van der Waals surface area contributed by atoms with E-state index in [-0.39, 0.29) is 47.7 Å². The molecule has 256 valence electrons. The highest BCUT2D eigenvalue weighted by molar-refractivity contribution is 6.00. The van der Waals surface area contributed by atoms with E-state index in [4.69, 9.17) is 21.0 Å². The quantitative estimate of drug-likeness (QED) is 0.223. The summed E-state index contributed by atoms with van der Waals surface area (Å²) in [5.41, 5.74) is -0.748. The Morgan fingerprint density at radius 3 is 2.76 bits per heavy atom. The van der Waals surface area contributed by atoms with Crippen LogP contribution < -0.4 is 9.64 Å². The summed E-state index contributed by atoms with van der Waals surface area (Å²) in [6, 6.07) is 10.7. The number of hydrogen-bond donors (Lipinski definition) is 1. The van der Waals surface area contributed by atoms with E-state index in [9.17, 15) is 9.90 Å². The summed E-state index contributed by atoms with van der Waals surface area (Å²) in [5, 5.41) is 12.5. The van der Waals surface area contributed by atoms with E-state index in [1.54, 1.807) is 12.3 Å². The number of aromatic hydroxyl groups is 1. The van der Waals surface area contributed by atoms with Gasteiger partial charge in [-0.3, -0.25) is 9.88 Å². The second kappa shape index (κ2) is 12.6. The summed E-state index contributed by atoms with van der Waals surface area (Å²) in [5.74, 6) is -0.162. The number of pyridine rings is 1. The molecule has 49 heavy (non-hydrogen) atoms. The first-order valence-corrected chi connectivity index (χ1v) is 17.0. The number of halogens is 1. The van der Waals surface area contributed by atoms with Crippen molar-refractivity contribution in [1.82, 2.24) is 24.8 Å². The Kier molecular flexibility index (Phi) is 8.43. The van der Waals surface area contributed by atoms with Gasteiger partial charge in [-0.1, -0.05) is 24.3 Å². The first kappa shape index (κ1) is 32.8. The summed E-state index contributed by atoms with van der Waals surface area (Å²) in [7, 11) is 2.06. The summed E-state index contributed by atoms with van der Waals surface area (Å²) < 4.78 is 28.9. The number of rotatable bonds is 7. The molecule has 1 N–H and O–H groups in total. The number of phenols is 1. The lowest BCUT2D eigenvalue weighted by molar-refractivity contribution is -0.00746. The largest absolute Gasteiger partial charge is 0.508 e. The molecule has 2 unspecified atom stereocenters. The summed E-state index contributed by atoms with van der Waals surface area (Å²) in [6.07, 6.45) is 5.20. The van der Waals surface area contributed by atoms with Crippen LogP contribution in [0, 0.1) is 12.4 Å². The highest BCUT2D eigenvalue weighted by atomic mass is 19.1. The monoisotopic (exact) mass is 667 g/mol. The van der Waals surface area contributed by atoms with Gasteiger partial charge in [0.15, 0.2) is 5.82 Å². The molecule has 0 spiro atoms. The Bertz CT molecular complexity index is 1960. The van der Waals surface area contributed by atoms with Crippen molar-refractivity contribution in [2.45, 2.75) is 76.1 Å². The number of ether oxygens (including phenoxy) is 2. The minimum atomic E-state index is -0.668. The van der Waals surface area contributed by atoms with Crippen molar-refractivity contribution in [3.05, 3.63) is 59.8 Å². The van der Waals surface area contributed by atoms with Crippen LogP contribution in [0.4, 0.5) is 15.0 Å². The summed E-state index contributed by atoms with van der Waals surface area (Å²) in [4.78, 5) is 37.5. The standard InChI is InChI=1S/C37H42FN7O4/c1-36(2,3)49-35(47)45-24-12-13-37(45,14-15-39-4)22-44(20-24)33-29-19-40-31(28-18-26(46)17-23-9-6-7-11-27(23)28)30(38)32(29)41-34(42-33)48-21-25-10-8-16-43(25)5/h6-7,9,11,17-19,24-25,46H,8,10,12-16,20-22H2,1-3,5H3/t24?,25-,37?/m0/s1. The number of carbonyl (C=O) groups excluding carboxylic acids is 1. The third-order valence-electron chi connectivity index (χ3n) is 10.1. The van der Waals surface area contributed by atoms with E-state index in [2.05, 4.69) is 31.7 Å². The van der Waals surface area contributed by atoms with Crippen molar-refractivity contribution in [1.29, 1.82) is 0 Å². The molecule has 2 aromatic heterocycles. The zero-order chi connectivity index (χ0) is 34.5. The summed E-state index contributed by atoms with van der Waals surface area (Å²) >= 11 is 0. The maximum absolute atomic E-state index is 16.9. The Balaban J connectivity index is 1.33. The van der Waals surface area contributed by atoms with Gasteiger partial charge in [-0.2, -0.15) is 9.97 Å². The second-order valence-electron chi connectivity index (χ2n) is 14.6. The van der Waals surface area contributed by atoms with Crippen molar-refractivity contribution >= 4 is 33.6 Å². The molecule has 2 bridgehead atoms. The Hall–Kier alpha value is -4.76. The number of piperazine rings is 1. The van der Waals surface area contributed by atoms with Gasteiger partial charge in [-0.15, -0.1) is 0 Å². The first-order chi connectivity index (χ1) is 23.5. The Morgan fingerprint density at radius 1 is 1.18 bits per heavy atom. The molecular weight excluding hydrogens is 625 g/mol. The van der Waals surface area contributed by atoms with Gasteiger partial charge in [0.05, 0.1) is 17.0 Å². The maximum Gasteiger partial charge on any atom is 0.411 e. The molecule has 0 radical (unpaired) electrons. The molecule has 3 aliphatic heterocycles. The topological polar surface area (TPSA) is 109 Å². The highest BCUT2D eigenvalue weighted by Crippen LogP contribution is 2.45. The van der Waals surface area contributed by atoms with Crippen LogP contribution >= 0.6 is 0 Å². The summed E-state index contributed by atoms with van der Waals surface area (Å²) in [6.45, 7) is 15.5. The molecule has 7 rings (SSSR count). The third kappa shape index (κ3) is 6.16. The van der Waals surface area contributed by atoms with Gasteiger partial charge in [-0.05, 0) is 83.0 Å². The van der Waals surface area contributed by atoms with Gasteiger partial charge < -0.3 is 29.2 Å². The van der Waals surface area contributed by atoms with Crippen LogP contribution in [0.2, 0.25) is 0 Å². The molecule has 0 saturated carbocycles. The maximum atomic E-state index is 16.9. The predicted octanol–water partition coefficient (Wildman–Crippen LogP) is 6.43. The van der Waals surface area contributed by atoms with Crippen LogP contribution in [-0.4, -0.2) is 99.0 Å². The van der Waals surface area contributed by atoms with Crippen molar-refractivity contribution in [3.63, 3.8) is 0 Å². The zero-order valence-electron chi connectivity index (χ0n) is 28.4. The Morgan fingerprint density at radius 2 is 2.00 bits per heavy atom. The zero-order valence-corrected chi connectivity index (χ0v) is 28.4. The first-order valence-electron chi connectivity index (χ1n) is 17.0. The molecular formula is C37H42FN7O4. The Labute approximate surface area is 285 Å². The van der Waals surface area contributed by atoms with Crippen LogP contribution in [-0.2, 0) is 4.74 Å². The lowest BCUT2D eigenvalue weighted by atomic mass is 9.90. The number of carbonyl (C=O) groups is 1. The minimum Gasteiger partial charge on any atom is -0.508 e. The fourth-order valence-electron chi connectivity index (χ4n) is 7.84. The van der Waals surface area contributed by atoms with E-state index in [0.717, 1.165) is 36.6 Å². The number of nitrogens with zero attached hydrogens (tertiary/aromatic N) is 7. The molecule has 4 aromatic rings. The molecule has 3 fully saturated rings. The van der Waals surface area contributed by atoms with Gasteiger partial charge in [-0.25, -0.2) is 15.8 Å². The third-order valence-corrected chi connectivity index (χ3v) is 10.1. The molecule has 3 saturated heterocycles. The molecule has 3 aliphatic rings. The van der Waals surface area contributed by atoms with Crippen LogP contribution in [0.5, 0.6) is 11.8 Å². The van der Waals surface area contributed by atoms with Gasteiger partial charge in [0.2, 0.25) is 6.54 Å². The number of fused-ring (bicyclic) bond motifs is 4. The van der Waals surface area contributed by atoms with Crippen molar-refractivity contribution < 1.29 is 23.8 Å². The lowest BCUT2D eigenvalue weighted by Gasteiger charge is -2.48. The molecule has 12 heteroatoms. The molecule has 2 aromatic carbocycles. The van der Waals surface area contributed by atoms with Gasteiger partial charge in [0.25, 0.3) is 0 Å². The van der Waals surface area contributed by atoms with Crippen LogP contribution in [0.25, 0.3) is 37.8 Å². The average Bonchev–Trinajstić information content (AvgIpc) is 3.58.